The summed E-state index contributed by atoms with van der Waals surface area (Å²) < 4.78 is 5.33. The largest absolute Gasteiger partial charge is 0.338 e. The SMILES string of the molecule is CCCNC(=O)Nc1ccc(-c2noc(-c3ccc(C)s3)n2)cc1. The smallest absolute Gasteiger partial charge is 0.319 e. The lowest BCUT2D eigenvalue weighted by molar-refractivity contribution is 0.252. The summed E-state index contributed by atoms with van der Waals surface area (Å²) in [6.45, 7) is 4.69. The summed E-state index contributed by atoms with van der Waals surface area (Å²) in [7, 11) is 0. The molecule has 6 nitrogen and oxygen atoms in total. The first kappa shape index (κ1) is 16.2. The van der Waals surface area contributed by atoms with Crippen molar-refractivity contribution in [2.45, 2.75) is 20.3 Å². The molecule has 0 bridgehead atoms. The highest BCUT2D eigenvalue weighted by atomic mass is 32.1. The molecule has 0 atom stereocenters. The monoisotopic (exact) mass is 342 g/mol. The predicted octanol–water partition coefficient (Wildman–Crippen LogP) is 4.31. The van der Waals surface area contributed by atoms with E-state index in [1.54, 1.807) is 11.3 Å². The molecule has 3 rings (SSSR count). The first-order valence-electron chi connectivity index (χ1n) is 7.71. The Hall–Kier alpha value is -2.67. The Morgan fingerprint density at radius 3 is 2.67 bits per heavy atom. The van der Waals surface area contributed by atoms with Crippen LogP contribution >= 0.6 is 11.3 Å². The van der Waals surface area contributed by atoms with Crippen LogP contribution in [-0.2, 0) is 0 Å². The van der Waals surface area contributed by atoms with Gasteiger partial charge in [0.1, 0.15) is 0 Å². The molecule has 0 aliphatic heterocycles. The van der Waals surface area contributed by atoms with Gasteiger partial charge in [0.2, 0.25) is 5.82 Å². The van der Waals surface area contributed by atoms with E-state index in [-0.39, 0.29) is 6.03 Å². The van der Waals surface area contributed by atoms with Crippen LogP contribution in [0.3, 0.4) is 0 Å². The fourth-order valence-corrected chi connectivity index (χ4v) is 2.90. The van der Waals surface area contributed by atoms with Crippen LogP contribution in [0, 0.1) is 6.92 Å². The number of aromatic nitrogens is 2. The summed E-state index contributed by atoms with van der Waals surface area (Å²) in [5, 5.41) is 9.56. The van der Waals surface area contributed by atoms with Crippen molar-refractivity contribution in [1.82, 2.24) is 15.5 Å². The number of carbonyl (C=O) groups excluding carboxylic acids is 1. The third-order valence-electron chi connectivity index (χ3n) is 3.31. The maximum absolute atomic E-state index is 11.6. The lowest BCUT2D eigenvalue weighted by atomic mass is 10.2. The Morgan fingerprint density at radius 1 is 1.21 bits per heavy atom. The number of nitrogens with one attached hydrogen (secondary N) is 2. The van der Waals surface area contributed by atoms with Crippen LogP contribution in [0.15, 0.2) is 40.9 Å². The van der Waals surface area contributed by atoms with Gasteiger partial charge in [-0.1, -0.05) is 12.1 Å². The standard InChI is InChI=1S/C17H18N4O2S/c1-3-10-18-17(22)19-13-7-5-12(6-8-13)15-20-16(23-21-15)14-9-4-11(2)24-14/h4-9H,3,10H2,1-2H3,(H2,18,19,22). The van der Waals surface area contributed by atoms with Gasteiger partial charge in [0.25, 0.3) is 5.89 Å². The van der Waals surface area contributed by atoms with Crippen LogP contribution in [0.25, 0.3) is 22.2 Å². The number of benzene rings is 1. The van der Waals surface area contributed by atoms with E-state index < -0.39 is 0 Å². The number of thiophene rings is 1. The molecular formula is C17H18N4O2S. The minimum Gasteiger partial charge on any atom is -0.338 e. The third kappa shape index (κ3) is 3.80. The Labute approximate surface area is 143 Å². The van der Waals surface area contributed by atoms with Gasteiger partial charge in [-0.25, -0.2) is 4.79 Å². The van der Waals surface area contributed by atoms with Gasteiger partial charge in [-0.2, -0.15) is 4.98 Å². The summed E-state index contributed by atoms with van der Waals surface area (Å²) in [5.74, 6) is 1.04. The molecule has 124 valence electrons. The zero-order chi connectivity index (χ0) is 16.9. The lowest BCUT2D eigenvalue weighted by Crippen LogP contribution is -2.29. The quantitative estimate of drug-likeness (QED) is 0.724. The first-order valence-corrected chi connectivity index (χ1v) is 8.53. The predicted molar refractivity (Wildman–Crippen MR) is 95.1 cm³/mol. The zero-order valence-electron chi connectivity index (χ0n) is 13.5. The van der Waals surface area contributed by atoms with Gasteiger partial charge in [0.15, 0.2) is 0 Å². The van der Waals surface area contributed by atoms with Gasteiger partial charge >= 0.3 is 6.03 Å². The van der Waals surface area contributed by atoms with E-state index in [2.05, 4.69) is 20.8 Å². The van der Waals surface area contributed by atoms with Crippen molar-refractivity contribution in [2.75, 3.05) is 11.9 Å². The van der Waals surface area contributed by atoms with Crippen LogP contribution in [0.5, 0.6) is 0 Å². The summed E-state index contributed by atoms with van der Waals surface area (Å²) in [6.07, 6.45) is 0.899. The first-order chi connectivity index (χ1) is 11.7. The van der Waals surface area contributed by atoms with Gasteiger partial charge in [0, 0.05) is 22.7 Å². The molecule has 1 aromatic carbocycles. The van der Waals surface area contributed by atoms with Gasteiger partial charge in [-0.3, -0.25) is 0 Å². The number of aryl methyl sites for hydroxylation is 1. The highest BCUT2D eigenvalue weighted by molar-refractivity contribution is 7.15. The second-order valence-corrected chi connectivity index (χ2v) is 6.58. The summed E-state index contributed by atoms with van der Waals surface area (Å²) in [5.41, 5.74) is 1.54. The summed E-state index contributed by atoms with van der Waals surface area (Å²) in [4.78, 5) is 18.2. The van der Waals surface area contributed by atoms with Crippen molar-refractivity contribution in [3.63, 3.8) is 0 Å². The molecule has 0 unspecified atom stereocenters. The molecule has 2 amide bonds. The second kappa shape index (κ2) is 7.27. The Kier molecular flexibility index (Phi) is 4.90. The highest BCUT2D eigenvalue weighted by Gasteiger charge is 2.12. The second-order valence-electron chi connectivity index (χ2n) is 5.29. The van der Waals surface area contributed by atoms with Gasteiger partial charge in [0.05, 0.1) is 4.88 Å². The van der Waals surface area contributed by atoms with Crippen molar-refractivity contribution < 1.29 is 9.32 Å². The van der Waals surface area contributed by atoms with E-state index in [1.807, 2.05) is 50.2 Å². The van der Waals surface area contributed by atoms with E-state index in [0.717, 1.165) is 16.9 Å². The average Bonchev–Trinajstić information content (AvgIpc) is 3.22. The molecule has 0 spiro atoms. The van der Waals surface area contributed by atoms with Gasteiger partial charge in [-0.15, -0.1) is 11.3 Å². The molecule has 0 fully saturated rings. The summed E-state index contributed by atoms with van der Waals surface area (Å²) >= 11 is 1.61. The van der Waals surface area contributed by atoms with E-state index in [9.17, 15) is 4.79 Å². The maximum Gasteiger partial charge on any atom is 0.319 e. The molecule has 3 aromatic rings. The molecule has 0 aliphatic carbocycles. The van der Waals surface area contributed by atoms with E-state index in [0.29, 0.717) is 23.9 Å². The Balaban J connectivity index is 1.70. The minimum absolute atomic E-state index is 0.209. The molecule has 0 radical (unpaired) electrons. The van der Waals surface area contributed by atoms with Gasteiger partial charge < -0.3 is 15.2 Å². The lowest BCUT2D eigenvalue weighted by Gasteiger charge is -2.06. The van der Waals surface area contributed by atoms with Crippen LogP contribution in [-0.4, -0.2) is 22.7 Å². The number of amides is 2. The molecule has 2 aromatic heterocycles. The topological polar surface area (TPSA) is 80.0 Å². The number of urea groups is 1. The third-order valence-corrected chi connectivity index (χ3v) is 4.30. The molecular weight excluding hydrogens is 324 g/mol. The van der Waals surface area contributed by atoms with Crippen molar-refractivity contribution in [3.05, 3.63) is 41.3 Å². The number of carbonyl (C=O) groups is 1. The number of hydrogen-bond donors (Lipinski definition) is 2. The molecule has 0 aliphatic rings. The van der Waals surface area contributed by atoms with Crippen LogP contribution in [0.2, 0.25) is 0 Å². The number of anilines is 1. The van der Waals surface area contributed by atoms with Crippen LogP contribution in [0.4, 0.5) is 10.5 Å². The maximum atomic E-state index is 11.6. The fraction of sp³-hybridized carbons (Fsp3) is 0.235. The average molecular weight is 342 g/mol. The molecule has 7 heteroatoms. The molecule has 24 heavy (non-hydrogen) atoms. The van der Waals surface area contributed by atoms with E-state index >= 15 is 0 Å². The summed E-state index contributed by atoms with van der Waals surface area (Å²) in [6, 6.07) is 11.1. The molecule has 2 N–H and O–H groups in total. The van der Waals surface area contributed by atoms with Crippen LogP contribution < -0.4 is 10.6 Å². The number of rotatable bonds is 5. The molecule has 0 saturated carbocycles. The Morgan fingerprint density at radius 2 is 2.00 bits per heavy atom. The van der Waals surface area contributed by atoms with Crippen molar-refractivity contribution in [1.29, 1.82) is 0 Å². The van der Waals surface area contributed by atoms with E-state index in [4.69, 9.17) is 4.52 Å². The van der Waals surface area contributed by atoms with Gasteiger partial charge in [-0.05, 0) is 49.7 Å². The van der Waals surface area contributed by atoms with E-state index in [1.165, 1.54) is 4.88 Å². The number of nitrogens with zero attached hydrogens (tertiary/aromatic N) is 2. The fourth-order valence-electron chi connectivity index (χ4n) is 2.11. The normalized spacial score (nSPS) is 10.6. The van der Waals surface area contributed by atoms with Crippen LogP contribution in [0.1, 0.15) is 18.2 Å². The zero-order valence-corrected chi connectivity index (χ0v) is 14.3. The Bertz CT molecular complexity index is 823. The molecule has 2 heterocycles. The molecule has 0 saturated heterocycles. The highest BCUT2D eigenvalue weighted by Crippen LogP contribution is 2.28. The number of hydrogen-bond acceptors (Lipinski definition) is 5. The minimum atomic E-state index is -0.209. The van der Waals surface area contributed by atoms with Crippen molar-refractivity contribution >= 4 is 23.1 Å². The van der Waals surface area contributed by atoms with Crippen molar-refractivity contribution in [3.8, 4) is 22.2 Å². The van der Waals surface area contributed by atoms with Crippen molar-refractivity contribution in [2.24, 2.45) is 0 Å².